The number of carbonyl (C=O) groups excluding carboxylic acids is 1. The minimum atomic E-state index is -3.50. The van der Waals surface area contributed by atoms with E-state index in [9.17, 15) is 27.5 Å². The van der Waals surface area contributed by atoms with Crippen LogP contribution in [0.25, 0.3) is 0 Å². The summed E-state index contributed by atoms with van der Waals surface area (Å²) in [5.74, 6) is -3.20. The van der Waals surface area contributed by atoms with Crippen molar-refractivity contribution >= 4 is 21.9 Å². The van der Waals surface area contributed by atoms with Gasteiger partial charge in [0.15, 0.2) is 0 Å². The molecule has 1 saturated heterocycles. The van der Waals surface area contributed by atoms with E-state index < -0.39 is 39.7 Å². The highest BCUT2D eigenvalue weighted by atomic mass is 32.2. The topological polar surface area (TPSA) is 104 Å². The van der Waals surface area contributed by atoms with Gasteiger partial charge in [0.1, 0.15) is 11.9 Å². The molecule has 2 rings (SSSR count). The van der Waals surface area contributed by atoms with Crippen molar-refractivity contribution in [1.82, 2.24) is 9.62 Å². The molecule has 0 radical (unpaired) electrons. The smallest absolute Gasteiger partial charge is 0.312 e. The van der Waals surface area contributed by atoms with E-state index in [0.29, 0.717) is 31.4 Å². The average Bonchev–Trinajstić information content (AvgIpc) is 3.07. The predicted molar refractivity (Wildman–Crippen MR) is 93.6 cm³/mol. The zero-order chi connectivity index (χ0) is 19.3. The molecule has 9 heteroatoms. The van der Waals surface area contributed by atoms with Gasteiger partial charge in [-0.05, 0) is 37.0 Å². The number of carboxylic acid groups (broad SMARTS) is 1. The van der Waals surface area contributed by atoms with E-state index in [1.807, 2.05) is 0 Å². The maximum absolute atomic E-state index is 13.0. The number of benzene rings is 1. The van der Waals surface area contributed by atoms with Gasteiger partial charge in [-0.3, -0.25) is 9.59 Å². The van der Waals surface area contributed by atoms with Crippen LogP contribution in [0.3, 0.4) is 0 Å². The Kier molecular flexibility index (Phi) is 6.71. The largest absolute Gasteiger partial charge is 0.481 e. The van der Waals surface area contributed by atoms with Gasteiger partial charge < -0.3 is 10.4 Å². The second-order valence-electron chi connectivity index (χ2n) is 6.27. The molecular formula is C17H23FN2O5S. The van der Waals surface area contributed by atoms with Crippen molar-refractivity contribution in [3.63, 3.8) is 0 Å². The van der Waals surface area contributed by atoms with Crippen LogP contribution in [-0.4, -0.2) is 54.6 Å². The highest BCUT2D eigenvalue weighted by molar-refractivity contribution is 7.89. The van der Waals surface area contributed by atoms with Crippen molar-refractivity contribution in [2.24, 2.45) is 0 Å². The van der Waals surface area contributed by atoms with Crippen molar-refractivity contribution in [3.8, 4) is 0 Å². The van der Waals surface area contributed by atoms with E-state index in [2.05, 4.69) is 5.32 Å². The van der Waals surface area contributed by atoms with Gasteiger partial charge >= 0.3 is 5.97 Å². The van der Waals surface area contributed by atoms with Crippen LogP contribution >= 0.6 is 0 Å². The molecule has 1 heterocycles. The minimum Gasteiger partial charge on any atom is -0.481 e. The van der Waals surface area contributed by atoms with Crippen LogP contribution in [-0.2, 0) is 19.6 Å². The number of sulfonamides is 1. The maximum atomic E-state index is 13.0. The lowest BCUT2D eigenvalue weighted by Crippen LogP contribution is -2.47. The lowest BCUT2D eigenvalue weighted by atomic mass is 9.99. The number of hydrogen-bond acceptors (Lipinski definition) is 4. The Bertz CT molecular complexity index is 751. The normalized spacial score (nSPS) is 19.2. The standard InChI is InChI=1S/C17H23FN2O5S/c1-2-10-26(24,25)20-9-3-4-15(20)16(21)19-11-14(17(22)23)12-5-7-13(18)8-6-12/h5-8,14-15H,2-4,9-11H2,1H3,(H,19,21)(H,22,23). The lowest BCUT2D eigenvalue weighted by Gasteiger charge is -2.24. The zero-order valence-corrected chi connectivity index (χ0v) is 15.3. The van der Waals surface area contributed by atoms with Crippen LogP contribution in [0.4, 0.5) is 4.39 Å². The minimum absolute atomic E-state index is 0.0237. The first-order chi connectivity index (χ1) is 12.3. The molecule has 0 bridgehead atoms. The summed E-state index contributed by atoms with van der Waals surface area (Å²) in [5, 5.41) is 11.9. The molecule has 0 aliphatic carbocycles. The van der Waals surface area contributed by atoms with Crippen molar-refractivity contribution in [2.45, 2.75) is 38.1 Å². The van der Waals surface area contributed by atoms with Gasteiger partial charge in [0.25, 0.3) is 0 Å². The van der Waals surface area contributed by atoms with Crippen molar-refractivity contribution < 1.29 is 27.5 Å². The second kappa shape index (κ2) is 8.59. The molecule has 26 heavy (non-hydrogen) atoms. The summed E-state index contributed by atoms with van der Waals surface area (Å²) in [7, 11) is -3.50. The van der Waals surface area contributed by atoms with Gasteiger partial charge in [-0.15, -0.1) is 0 Å². The molecule has 144 valence electrons. The first-order valence-corrected chi connectivity index (χ1v) is 10.1. The number of hydrogen-bond donors (Lipinski definition) is 2. The van der Waals surface area contributed by atoms with E-state index in [1.165, 1.54) is 16.4 Å². The summed E-state index contributed by atoms with van der Waals surface area (Å²) in [5.41, 5.74) is 0.362. The van der Waals surface area contributed by atoms with Crippen LogP contribution in [0.5, 0.6) is 0 Å². The SMILES string of the molecule is CCCS(=O)(=O)N1CCCC1C(=O)NCC(C(=O)O)c1ccc(F)cc1. The zero-order valence-electron chi connectivity index (χ0n) is 14.5. The fraction of sp³-hybridized carbons (Fsp3) is 0.529. The summed E-state index contributed by atoms with van der Waals surface area (Å²) in [6.45, 7) is 1.85. The molecule has 1 fully saturated rings. The van der Waals surface area contributed by atoms with Gasteiger partial charge in [0.05, 0.1) is 11.7 Å². The highest BCUT2D eigenvalue weighted by Gasteiger charge is 2.38. The first-order valence-electron chi connectivity index (χ1n) is 8.51. The number of halogens is 1. The van der Waals surface area contributed by atoms with E-state index >= 15 is 0 Å². The molecule has 0 spiro atoms. The molecule has 1 aliphatic rings. The van der Waals surface area contributed by atoms with Crippen LogP contribution in [0.1, 0.15) is 37.7 Å². The fourth-order valence-electron chi connectivity index (χ4n) is 3.07. The van der Waals surface area contributed by atoms with Crippen molar-refractivity contribution in [3.05, 3.63) is 35.6 Å². The van der Waals surface area contributed by atoms with Crippen LogP contribution in [0, 0.1) is 5.82 Å². The Morgan fingerprint density at radius 3 is 2.58 bits per heavy atom. The fourth-order valence-corrected chi connectivity index (χ4v) is 4.82. The Labute approximate surface area is 152 Å². The molecule has 2 N–H and O–H groups in total. The second-order valence-corrected chi connectivity index (χ2v) is 8.31. The van der Waals surface area contributed by atoms with Crippen molar-refractivity contribution in [1.29, 1.82) is 0 Å². The Hall–Kier alpha value is -2.00. The summed E-state index contributed by atoms with van der Waals surface area (Å²) < 4.78 is 38.7. The molecular weight excluding hydrogens is 363 g/mol. The maximum Gasteiger partial charge on any atom is 0.312 e. The number of nitrogens with zero attached hydrogens (tertiary/aromatic N) is 1. The molecule has 1 amide bonds. The molecule has 2 atom stereocenters. The van der Waals surface area contributed by atoms with Gasteiger partial charge in [0.2, 0.25) is 15.9 Å². The van der Waals surface area contributed by atoms with E-state index in [-0.39, 0.29) is 12.3 Å². The third kappa shape index (κ3) is 4.79. The Morgan fingerprint density at radius 1 is 1.35 bits per heavy atom. The highest BCUT2D eigenvalue weighted by Crippen LogP contribution is 2.22. The third-order valence-electron chi connectivity index (χ3n) is 4.38. The van der Waals surface area contributed by atoms with E-state index in [4.69, 9.17) is 0 Å². The van der Waals surface area contributed by atoms with Gasteiger partial charge in [0, 0.05) is 13.1 Å². The third-order valence-corrected chi connectivity index (χ3v) is 6.45. The van der Waals surface area contributed by atoms with E-state index in [1.54, 1.807) is 6.92 Å². The predicted octanol–water partition coefficient (Wildman–Crippen LogP) is 1.31. The lowest BCUT2D eigenvalue weighted by molar-refractivity contribution is -0.138. The van der Waals surface area contributed by atoms with Crippen molar-refractivity contribution in [2.75, 3.05) is 18.8 Å². The molecule has 1 aliphatic heterocycles. The monoisotopic (exact) mass is 386 g/mol. The molecule has 2 unspecified atom stereocenters. The number of amides is 1. The number of aliphatic carboxylic acids is 1. The number of carboxylic acids is 1. The van der Waals surface area contributed by atoms with Gasteiger partial charge in [-0.2, -0.15) is 4.31 Å². The van der Waals surface area contributed by atoms with E-state index in [0.717, 1.165) is 12.1 Å². The van der Waals surface area contributed by atoms with Gasteiger partial charge in [-0.1, -0.05) is 19.1 Å². The summed E-state index contributed by atoms with van der Waals surface area (Å²) in [4.78, 5) is 23.9. The van der Waals surface area contributed by atoms with Gasteiger partial charge in [-0.25, -0.2) is 12.8 Å². The van der Waals surface area contributed by atoms with Crippen LogP contribution < -0.4 is 5.32 Å². The molecule has 0 aromatic heterocycles. The molecule has 1 aromatic rings. The number of rotatable bonds is 8. The summed E-state index contributed by atoms with van der Waals surface area (Å²) in [6, 6.07) is 4.21. The Balaban J connectivity index is 2.05. The van der Waals surface area contributed by atoms with Crippen LogP contribution in [0.2, 0.25) is 0 Å². The first kappa shape index (κ1) is 20.3. The Morgan fingerprint density at radius 2 is 2.00 bits per heavy atom. The molecule has 1 aromatic carbocycles. The average molecular weight is 386 g/mol. The number of carbonyl (C=O) groups is 2. The quantitative estimate of drug-likeness (QED) is 0.701. The molecule has 7 nitrogen and oxygen atoms in total. The molecule has 0 saturated carbocycles. The summed E-state index contributed by atoms with van der Waals surface area (Å²) >= 11 is 0. The number of nitrogens with one attached hydrogen (secondary N) is 1. The van der Waals surface area contributed by atoms with Crippen LogP contribution in [0.15, 0.2) is 24.3 Å². The summed E-state index contributed by atoms with van der Waals surface area (Å²) in [6.07, 6.45) is 1.45.